The minimum Gasteiger partial charge on any atom is -0.460 e. The van der Waals surface area contributed by atoms with Crippen LogP contribution in [-0.2, 0) is 6.18 Å². The number of piperazine rings is 1. The molecule has 29 heavy (non-hydrogen) atoms. The van der Waals surface area contributed by atoms with Gasteiger partial charge >= 0.3 is 6.18 Å². The average Bonchev–Trinajstić information content (AvgIpc) is 3.36. The van der Waals surface area contributed by atoms with Gasteiger partial charge in [-0.1, -0.05) is 6.07 Å². The van der Waals surface area contributed by atoms with Crippen molar-refractivity contribution in [3.8, 4) is 11.5 Å². The van der Waals surface area contributed by atoms with E-state index in [1.807, 2.05) is 17.9 Å². The predicted octanol–water partition coefficient (Wildman–Crippen LogP) is 3.96. The number of aromatic nitrogens is 2. The van der Waals surface area contributed by atoms with E-state index >= 15 is 0 Å². The predicted molar refractivity (Wildman–Crippen MR) is 101 cm³/mol. The number of hydrogen-bond acceptors (Lipinski definition) is 4. The van der Waals surface area contributed by atoms with Crippen molar-refractivity contribution < 1.29 is 22.4 Å². The molecule has 152 valence electrons. The Morgan fingerprint density at radius 3 is 2.52 bits per heavy atom. The molecule has 3 heterocycles. The maximum atomic E-state index is 12.9. The first-order valence-electron chi connectivity index (χ1n) is 9.15. The van der Waals surface area contributed by atoms with Crippen LogP contribution in [0.5, 0.6) is 0 Å². The molecule has 1 aromatic carbocycles. The second-order valence-corrected chi connectivity index (χ2v) is 6.90. The van der Waals surface area contributed by atoms with Crippen LogP contribution in [0.25, 0.3) is 11.5 Å². The molecule has 1 saturated heterocycles. The monoisotopic (exact) mass is 404 g/mol. The lowest BCUT2D eigenvalue weighted by Gasteiger charge is -2.36. The number of rotatable bonds is 3. The number of benzene rings is 1. The van der Waals surface area contributed by atoms with E-state index in [1.54, 1.807) is 23.1 Å². The molecule has 2 aromatic heterocycles. The Labute approximate surface area is 164 Å². The average molecular weight is 404 g/mol. The maximum absolute atomic E-state index is 12.9. The van der Waals surface area contributed by atoms with E-state index in [0.717, 1.165) is 17.9 Å². The summed E-state index contributed by atoms with van der Waals surface area (Å²) < 4.78 is 44.3. The van der Waals surface area contributed by atoms with Crippen molar-refractivity contribution in [2.75, 3.05) is 31.1 Å². The first kappa shape index (κ1) is 19.1. The SMILES string of the molecule is Cc1ccc(-c2cc(C(=O)N3CCN(c4cccc(C(F)(F)F)c4)CC3)n[nH]2)o1. The first-order chi connectivity index (χ1) is 13.8. The summed E-state index contributed by atoms with van der Waals surface area (Å²) in [4.78, 5) is 16.2. The molecule has 1 amide bonds. The largest absolute Gasteiger partial charge is 0.460 e. The van der Waals surface area contributed by atoms with E-state index in [1.165, 1.54) is 6.07 Å². The molecule has 9 heteroatoms. The number of carbonyl (C=O) groups is 1. The number of carbonyl (C=O) groups excluding carboxylic acids is 1. The molecule has 4 rings (SSSR count). The van der Waals surface area contributed by atoms with Gasteiger partial charge in [0.1, 0.15) is 11.5 Å². The van der Waals surface area contributed by atoms with Crippen molar-refractivity contribution in [1.29, 1.82) is 0 Å². The Bertz CT molecular complexity index is 1020. The topological polar surface area (TPSA) is 65.4 Å². The number of aromatic amines is 1. The van der Waals surface area contributed by atoms with Crippen molar-refractivity contribution in [2.45, 2.75) is 13.1 Å². The second-order valence-electron chi connectivity index (χ2n) is 6.90. The van der Waals surface area contributed by atoms with Crippen LogP contribution in [0.2, 0.25) is 0 Å². The van der Waals surface area contributed by atoms with Crippen molar-refractivity contribution in [3.05, 3.63) is 59.5 Å². The van der Waals surface area contributed by atoms with Gasteiger partial charge in [0.25, 0.3) is 5.91 Å². The number of alkyl halides is 3. The molecule has 0 bridgehead atoms. The molecule has 1 N–H and O–H groups in total. The van der Waals surface area contributed by atoms with Gasteiger partial charge in [-0.05, 0) is 37.3 Å². The highest BCUT2D eigenvalue weighted by Gasteiger charge is 2.31. The normalized spacial score (nSPS) is 15.0. The van der Waals surface area contributed by atoms with Crippen LogP contribution in [-0.4, -0.2) is 47.2 Å². The molecule has 0 saturated carbocycles. The van der Waals surface area contributed by atoms with Crippen molar-refractivity contribution >= 4 is 11.6 Å². The van der Waals surface area contributed by atoms with Gasteiger partial charge in [-0.15, -0.1) is 0 Å². The zero-order valence-corrected chi connectivity index (χ0v) is 15.7. The van der Waals surface area contributed by atoms with Crippen LogP contribution in [0.15, 0.2) is 46.9 Å². The van der Waals surface area contributed by atoms with E-state index in [0.29, 0.717) is 43.3 Å². The van der Waals surface area contributed by atoms with Crippen LogP contribution < -0.4 is 4.90 Å². The van der Waals surface area contributed by atoms with Crippen LogP contribution >= 0.6 is 0 Å². The fourth-order valence-corrected chi connectivity index (χ4v) is 3.35. The Kier molecular flexibility index (Phi) is 4.81. The van der Waals surface area contributed by atoms with Gasteiger partial charge in [0.15, 0.2) is 11.5 Å². The third kappa shape index (κ3) is 3.98. The molecule has 6 nitrogen and oxygen atoms in total. The van der Waals surface area contributed by atoms with Crippen molar-refractivity contribution in [1.82, 2.24) is 15.1 Å². The van der Waals surface area contributed by atoms with E-state index in [-0.39, 0.29) is 11.6 Å². The molecule has 0 unspecified atom stereocenters. The second kappa shape index (κ2) is 7.31. The Balaban J connectivity index is 1.41. The van der Waals surface area contributed by atoms with E-state index in [2.05, 4.69) is 10.2 Å². The summed E-state index contributed by atoms with van der Waals surface area (Å²) in [5.41, 5.74) is 0.721. The molecule has 3 aromatic rings. The molecule has 0 radical (unpaired) electrons. The third-order valence-electron chi connectivity index (χ3n) is 4.91. The van der Waals surface area contributed by atoms with Gasteiger partial charge in [0.05, 0.1) is 5.56 Å². The van der Waals surface area contributed by atoms with Crippen LogP contribution in [0.3, 0.4) is 0 Å². The molecule has 0 atom stereocenters. The summed E-state index contributed by atoms with van der Waals surface area (Å²) >= 11 is 0. The van der Waals surface area contributed by atoms with Crippen LogP contribution in [0.4, 0.5) is 18.9 Å². The number of nitrogens with one attached hydrogen (secondary N) is 1. The number of furan rings is 1. The number of hydrogen-bond donors (Lipinski definition) is 1. The summed E-state index contributed by atoms with van der Waals surface area (Å²) in [6.45, 7) is 3.52. The van der Waals surface area contributed by atoms with E-state index in [4.69, 9.17) is 4.42 Å². The highest BCUT2D eigenvalue weighted by molar-refractivity contribution is 5.93. The van der Waals surface area contributed by atoms with Gasteiger partial charge in [-0.2, -0.15) is 18.3 Å². The van der Waals surface area contributed by atoms with Gasteiger partial charge in [-0.25, -0.2) is 0 Å². The minimum atomic E-state index is -4.38. The Morgan fingerprint density at radius 2 is 1.86 bits per heavy atom. The lowest BCUT2D eigenvalue weighted by Crippen LogP contribution is -2.49. The number of anilines is 1. The number of amides is 1. The molecule has 0 spiro atoms. The highest BCUT2D eigenvalue weighted by Crippen LogP contribution is 2.32. The van der Waals surface area contributed by atoms with E-state index in [9.17, 15) is 18.0 Å². The number of H-pyrrole nitrogens is 1. The number of aryl methyl sites for hydroxylation is 1. The molecule has 1 aliphatic rings. The lowest BCUT2D eigenvalue weighted by atomic mass is 10.1. The Morgan fingerprint density at radius 1 is 1.10 bits per heavy atom. The zero-order chi connectivity index (χ0) is 20.6. The smallest absolute Gasteiger partial charge is 0.416 e. The zero-order valence-electron chi connectivity index (χ0n) is 15.7. The van der Waals surface area contributed by atoms with Gasteiger partial charge in [-0.3, -0.25) is 9.89 Å². The van der Waals surface area contributed by atoms with Gasteiger partial charge in [0, 0.05) is 37.9 Å². The maximum Gasteiger partial charge on any atom is 0.416 e. The van der Waals surface area contributed by atoms with Crippen molar-refractivity contribution in [3.63, 3.8) is 0 Å². The first-order valence-corrected chi connectivity index (χ1v) is 9.15. The van der Waals surface area contributed by atoms with Gasteiger partial charge < -0.3 is 14.2 Å². The number of nitrogens with zero attached hydrogens (tertiary/aromatic N) is 3. The van der Waals surface area contributed by atoms with Gasteiger partial charge in [0.2, 0.25) is 0 Å². The number of halogens is 3. The molecule has 1 aliphatic heterocycles. The summed E-state index contributed by atoms with van der Waals surface area (Å²) in [6.07, 6.45) is -4.38. The van der Waals surface area contributed by atoms with E-state index < -0.39 is 11.7 Å². The Hall–Kier alpha value is -3.23. The fourth-order valence-electron chi connectivity index (χ4n) is 3.35. The molecular formula is C20H19F3N4O2. The summed E-state index contributed by atoms with van der Waals surface area (Å²) in [6, 6.07) is 10.5. The van der Waals surface area contributed by atoms with Crippen LogP contribution in [0.1, 0.15) is 21.8 Å². The highest BCUT2D eigenvalue weighted by atomic mass is 19.4. The third-order valence-corrected chi connectivity index (χ3v) is 4.91. The summed E-state index contributed by atoms with van der Waals surface area (Å²) in [7, 11) is 0. The fraction of sp³-hybridized carbons (Fsp3) is 0.300. The molecule has 0 aliphatic carbocycles. The molecule has 1 fully saturated rings. The summed E-state index contributed by atoms with van der Waals surface area (Å²) in [5.74, 6) is 1.14. The molecular weight excluding hydrogens is 385 g/mol. The summed E-state index contributed by atoms with van der Waals surface area (Å²) in [5, 5.41) is 6.88. The van der Waals surface area contributed by atoms with Crippen LogP contribution in [0, 0.1) is 6.92 Å². The quantitative estimate of drug-likeness (QED) is 0.718. The van der Waals surface area contributed by atoms with Crippen molar-refractivity contribution in [2.24, 2.45) is 0 Å². The standard InChI is InChI=1S/C20H19F3N4O2/c1-13-5-6-18(29-13)16-12-17(25-24-16)19(28)27-9-7-26(8-10-27)15-4-2-3-14(11-15)20(21,22)23/h2-6,11-12H,7-10H2,1H3,(H,24,25). The lowest BCUT2D eigenvalue weighted by molar-refractivity contribution is -0.137. The minimum absolute atomic E-state index is 0.223.